The number of hydrogen-bond donors (Lipinski definition) is 0. The highest BCUT2D eigenvalue weighted by molar-refractivity contribution is 5.71. The van der Waals surface area contributed by atoms with E-state index >= 15 is 0 Å². The molecule has 0 radical (unpaired) electrons. The van der Waals surface area contributed by atoms with Gasteiger partial charge in [0.25, 0.3) is 0 Å². The van der Waals surface area contributed by atoms with E-state index in [9.17, 15) is 14.4 Å². The van der Waals surface area contributed by atoms with Crippen LogP contribution in [0.5, 0.6) is 0 Å². The van der Waals surface area contributed by atoms with Gasteiger partial charge in [0.2, 0.25) is 0 Å². The number of carbonyl (C=O) groups excluding carboxylic acids is 3. The van der Waals surface area contributed by atoms with E-state index in [-0.39, 0.29) is 31.1 Å². The Bertz CT molecular complexity index is 949. The molecule has 0 aliphatic heterocycles. The van der Waals surface area contributed by atoms with Gasteiger partial charge in [-0.25, -0.2) is 0 Å². The Kier molecular flexibility index (Phi) is 50.1. The van der Waals surface area contributed by atoms with Gasteiger partial charge in [-0.15, -0.1) is 0 Å². The van der Waals surface area contributed by atoms with Gasteiger partial charge in [-0.05, 0) is 25.2 Å². The number of hydrogen-bond acceptors (Lipinski definition) is 6. The van der Waals surface area contributed by atoms with Crippen molar-refractivity contribution in [2.75, 3.05) is 13.2 Å². The molecule has 6 heteroatoms. The van der Waals surface area contributed by atoms with Gasteiger partial charge < -0.3 is 14.2 Å². The SMILES string of the molecule is CCCCCCCCCCCCCCCCCCC(=O)OC[C@H](COC(=O)CCCCCCCCCCCCCCCCC(C)C)OC(=O)CCCCCCCCCCCCCC. The zero-order valence-corrected chi connectivity index (χ0v) is 43.0. The quantitative estimate of drug-likeness (QED) is 0.0344. The Morgan fingerprint density at radius 1 is 0.302 bits per heavy atom. The van der Waals surface area contributed by atoms with Gasteiger partial charge >= 0.3 is 17.9 Å². The summed E-state index contributed by atoms with van der Waals surface area (Å²) in [5, 5.41) is 0. The summed E-state index contributed by atoms with van der Waals surface area (Å²) in [7, 11) is 0. The average molecular weight is 892 g/mol. The third-order valence-electron chi connectivity index (χ3n) is 13.0. The number of unbranched alkanes of at least 4 members (excludes halogenated alkanes) is 39. The second-order valence-corrected chi connectivity index (χ2v) is 20.1. The van der Waals surface area contributed by atoms with Crippen LogP contribution in [0.4, 0.5) is 0 Å². The topological polar surface area (TPSA) is 78.9 Å². The first-order valence-corrected chi connectivity index (χ1v) is 28.4. The van der Waals surface area contributed by atoms with Crippen LogP contribution in [0.3, 0.4) is 0 Å². The van der Waals surface area contributed by atoms with Crippen molar-refractivity contribution in [2.24, 2.45) is 5.92 Å². The van der Waals surface area contributed by atoms with Crippen molar-refractivity contribution in [3.8, 4) is 0 Å². The van der Waals surface area contributed by atoms with E-state index in [2.05, 4.69) is 27.7 Å². The maximum Gasteiger partial charge on any atom is 0.306 e. The van der Waals surface area contributed by atoms with Crippen LogP contribution in [-0.4, -0.2) is 37.2 Å². The molecule has 63 heavy (non-hydrogen) atoms. The molecule has 374 valence electrons. The minimum Gasteiger partial charge on any atom is -0.462 e. The Morgan fingerprint density at radius 2 is 0.524 bits per heavy atom. The summed E-state index contributed by atoms with van der Waals surface area (Å²) >= 11 is 0. The molecule has 0 rings (SSSR count). The van der Waals surface area contributed by atoms with Gasteiger partial charge in [0.15, 0.2) is 6.10 Å². The number of carbonyl (C=O) groups is 3. The summed E-state index contributed by atoms with van der Waals surface area (Å²) < 4.78 is 16.9. The molecule has 0 aliphatic rings. The van der Waals surface area contributed by atoms with Crippen LogP contribution in [-0.2, 0) is 28.6 Å². The molecule has 0 unspecified atom stereocenters. The molecule has 6 nitrogen and oxygen atoms in total. The number of ether oxygens (including phenoxy) is 3. The molecule has 0 N–H and O–H groups in total. The highest BCUT2D eigenvalue weighted by atomic mass is 16.6. The molecule has 0 saturated heterocycles. The van der Waals surface area contributed by atoms with E-state index in [4.69, 9.17) is 14.2 Å². The van der Waals surface area contributed by atoms with E-state index in [0.717, 1.165) is 63.7 Å². The van der Waals surface area contributed by atoms with Crippen molar-refractivity contribution in [3.05, 3.63) is 0 Å². The van der Waals surface area contributed by atoms with Crippen LogP contribution < -0.4 is 0 Å². The van der Waals surface area contributed by atoms with E-state index in [1.807, 2.05) is 0 Å². The highest BCUT2D eigenvalue weighted by Gasteiger charge is 2.19. The summed E-state index contributed by atoms with van der Waals surface area (Å²) in [4.78, 5) is 38.1. The summed E-state index contributed by atoms with van der Waals surface area (Å²) in [6.07, 6.45) is 55.2. The zero-order valence-electron chi connectivity index (χ0n) is 43.0. The predicted octanol–water partition coefficient (Wildman–Crippen LogP) is 18.6. The molecule has 0 bridgehead atoms. The van der Waals surface area contributed by atoms with Crippen molar-refractivity contribution in [2.45, 2.75) is 329 Å². The Balaban J connectivity index is 4.27. The number of esters is 3. The molecule has 0 aromatic heterocycles. The lowest BCUT2D eigenvalue weighted by Gasteiger charge is -2.18. The lowest BCUT2D eigenvalue weighted by molar-refractivity contribution is -0.167. The lowest BCUT2D eigenvalue weighted by atomic mass is 10.0. The van der Waals surface area contributed by atoms with Gasteiger partial charge in [0.1, 0.15) is 13.2 Å². The highest BCUT2D eigenvalue weighted by Crippen LogP contribution is 2.18. The first-order chi connectivity index (χ1) is 30.9. The van der Waals surface area contributed by atoms with Crippen LogP contribution >= 0.6 is 0 Å². The fraction of sp³-hybridized carbons (Fsp3) is 0.947. The Labute approximate surface area is 393 Å². The van der Waals surface area contributed by atoms with Crippen molar-refractivity contribution in [1.29, 1.82) is 0 Å². The fourth-order valence-electron chi connectivity index (χ4n) is 8.75. The summed E-state index contributed by atoms with van der Waals surface area (Å²) in [5.41, 5.74) is 0. The molecule has 0 aromatic carbocycles. The smallest absolute Gasteiger partial charge is 0.306 e. The number of rotatable bonds is 52. The molecular formula is C57H110O6. The van der Waals surface area contributed by atoms with Gasteiger partial charge in [0, 0.05) is 19.3 Å². The summed E-state index contributed by atoms with van der Waals surface area (Å²) in [6, 6.07) is 0. The first kappa shape index (κ1) is 61.4. The molecule has 0 aromatic rings. The van der Waals surface area contributed by atoms with Crippen LogP contribution in [0, 0.1) is 5.92 Å². The van der Waals surface area contributed by atoms with Crippen LogP contribution in [0.25, 0.3) is 0 Å². The van der Waals surface area contributed by atoms with Crippen LogP contribution in [0.2, 0.25) is 0 Å². The van der Waals surface area contributed by atoms with Crippen molar-refractivity contribution in [3.63, 3.8) is 0 Å². The van der Waals surface area contributed by atoms with E-state index in [0.29, 0.717) is 19.3 Å². The molecule has 0 amide bonds. The van der Waals surface area contributed by atoms with E-state index in [1.165, 1.54) is 218 Å². The normalized spacial score (nSPS) is 12.0. The average Bonchev–Trinajstić information content (AvgIpc) is 3.27. The lowest BCUT2D eigenvalue weighted by Crippen LogP contribution is -2.30. The minimum atomic E-state index is -0.761. The van der Waals surface area contributed by atoms with Crippen molar-refractivity contribution in [1.82, 2.24) is 0 Å². The molecular weight excluding hydrogens is 781 g/mol. The molecule has 0 fully saturated rings. The van der Waals surface area contributed by atoms with Crippen LogP contribution in [0.15, 0.2) is 0 Å². The largest absolute Gasteiger partial charge is 0.462 e. The first-order valence-electron chi connectivity index (χ1n) is 28.4. The molecule has 1 atom stereocenters. The Morgan fingerprint density at radius 3 is 0.778 bits per heavy atom. The third kappa shape index (κ3) is 51.3. The second-order valence-electron chi connectivity index (χ2n) is 20.1. The minimum absolute atomic E-state index is 0.0619. The second kappa shape index (κ2) is 51.4. The molecule has 0 spiro atoms. The van der Waals surface area contributed by atoms with Gasteiger partial charge in [-0.1, -0.05) is 285 Å². The maximum atomic E-state index is 12.8. The molecule has 0 saturated carbocycles. The summed E-state index contributed by atoms with van der Waals surface area (Å²) in [5.74, 6) is 0.00806. The van der Waals surface area contributed by atoms with Crippen molar-refractivity contribution >= 4 is 17.9 Å². The van der Waals surface area contributed by atoms with Gasteiger partial charge in [-0.3, -0.25) is 14.4 Å². The van der Waals surface area contributed by atoms with E-state index in [1.54, 1.807) is 0 Å². The molecule has 0 aliphatic carbocycles. The van der Waals surface area contributed by atoms with Gasteiger partial charge in [-0.2, -0.15) is 0 Å². The predicted molar refractivity (Wildman–Crippen MR) is 270 cm³/mol. The molecule has 0 heterocycles. The standard InChI is InChI=1S/C57H110O6/c1-5-7-9-11-13-15-17-19-20-21-25-29-32-36-40-44-48-55(58)61-51-54(63-57(60)50-46-42-38-34-28-18-16-14-12-10-8-6-2)52-62-56(59)49-45-41-37-33-30-26-23-22-24-27-31-35-39-43-47-53(3)4/h53-54H,5-52H2,1-4H3/t54-/m1/s1. The van der Waals surface area contributed by atoms with Gasteiger partial charge in [0.05, 0.1) is 0 Å². The fourth-order valence-corrected chi connectivity index (χ4v) is 8.75. The van der Waals surface area contributed by atoms with Crippen LogP contribution in [0.1, 0.15) is 323 Å². The Hall–Kier alpha value is -1.59. The third-order valence-corrected chi connectivity index (χ3v) is 13.0. The summed E-state index contributed by atoms with van der Waals surface area (Å²) in [6.45, 7) is 9.06. The monoisotopic (exact) mass is 891 g/mol. The maximum absolute atomic E-state index is 12.8. The zero-order chi connectivity index (χ0) is 45.9. The van der Waals surface area contributed by atoms with Crippen molar-refractivity contribution < 1.29 is 28.6 Å². The van der Waals surface area contributed by atoms with E-state index < -0.39 is 6.10 Å².